The summed E-state index contributed by atoms with van der Waals surface area (Å²) in [5, 5.41) is 8.51. The molecular formula is C8H10N2S2. The van der Waals surface area contributed by atoms with Crippen LogP contribution in [0.4, 0.5) is 5.69 Å². The fraction of sp³-hybridized carbons (Fsp3) is 0.375. The zero-order valence-electron chi connectivity index (χ0n) is 6.62. The van der Waals surface area contributed by atoms with Gasteiger partial charge in [0.1, 0.15) is 0 Å². The number of thiophene rings is 1. The van der Waals surface area contributed by atoms with Gasteiger partial charge in [0.15, 0.2) is 5.17 Å². The Hall–Kier alpha value is -0.480. The van der Waals surface area contributed by atoms with Crippen LogP contribution in [-0.2, 0) is 0 Å². The fourth-order valence-corrected chi connectivity index (χ4v) is 2.42. The molecule has 1 aromatic heterocycles. The van der Waals surface area contributed by atoms with E-state index in [-0.39, 0.29) is 0 Å². The summed E-state index contributed by atoms with van der Waals surface area (Å²) in [6.45, 7) is 0.972. The number of anilines is 1. The summed E-state index contributed by atoms with van der Waals surface area (Å²) < 4.78 is 0. The van der Waals surface area contributed by atoms with Gasteiger partial charge in [0.2, 0.25) is 0 Å². The number of thioether (sulfide) groups is 1. The predicted octanol–water partition coefficient (Wildman–Crippen LogP) is 2.65. The smallest absolute Gasteiger partial charge is 0.161 e. The molecule has 0 fully saturated rings. The Morgan fingerprint density at radius 1 is 1.50 bits per heavy atom. The van der Waals surface area contributed by atoms with Gasteiger partial charge in [0, 0.05) is 17.7 Å². The standard InChI is InChI=1S/C8H10N2S2/c1-3-9-8(12-4-1)10-7-2-5-11-6-7/h2,5-6H,1,3-4H2,(H,9,10). The van der Waals surface area contributed by atoms with Gasteiger partial charge in [0.05, 0.1) is 5.69 Å². The maximum Gasteiger partial charge on any atom is 0.161 e. The minimum Gasteiger partial charge on any atom is -0.334 e. The summed E-state index contributed by atoms with van der Waals surface area (Å²) in [6, 6.07) is 2.07. The first-order chi connectivity index (χ1) is 5.95. The predicted molar refractivity (Wildman–Crippen MR) is 57.3 cm³/mol. The lowest BCUT2D eigenvalue weighted by molar-refractivity contribution is 0.938. The first kappa shape index (κ1) is 8.13. The van der Waals surface area contributed by atoms with Crippen LogP contribution in [0.2, 0.25) is 0 Å². The minimum atomic E-state index is 0.972. The van der Waals surface area contributed by atoms with E-state index in [9.17, 15) is 0 Å². The lowest BCUT2D eigenvalue weighted by Crippen LogP contribution is -2.12. The second-order valence-corrected chi connectivity index (χ2v) is 4.39. The van der Waals surface area contributed by atoms with Gasteiger partial charge in [-0.25, -0.2) is 0 Å². The summed E-state index contributed by atoms with van der Waals surface area (Å²) in [4.78, 5) is 4.38. The Morgan fingerprint density at radius 2 is 2.50 bits per heavy atom. The summed E-state index contributed by atoms with van der Waals surface area (Å²) in [6.07, 6.45) is 1.21. The summed E-state index contributed by atoms with van der Waals surface area (Å²) in [5.74, 6) is 1.19. The fourth-order valence-electron chi connectivity index (χ4n) is 0.994. The van der Waals surface area contributed by atoms with E-state index in [4.69, 9.17) is 0 Å². The van der Waals surface area contributed by atoms with Crippen molar-refractivity contribution in [2.45, 2.75) is 6.42 Å². The van der Waals surface area contributed by atoms with Crippen molar-refractivity contribution >= 4 is 34.0 Å². The van der Waals surface area contributed by atoms with Gasteiger partial charge in [-0.2, -0.15) is 11.3 Å². The Morgan fingerprint density at radius 3 is 3.17 bits per heavy atom. The molecule has 64 valence electrons. The molecule has 2 rings (SSSR count). The van der Waals surface area contributed by atoms with Crippen LogP contribution in [0, 0.1) is 0 Å². The van der Waals surface area contributed by atoms with Crippen molar-refractivity contribution in [3.8, 4) is 0 Å². The molecule has 0 atom stereocenters. The van der Waals surface area contributed by atoms with Gasteiger partial charge in [-0.1, -0.05) is 11.8 Å². The lowest BCUT2D eigenvalue weighted by Gasteiger charge is -2.11. The highest BCUT2D eigenvalue weighted by Crippen LogP contribution is 2.17. The molecule has 2 nitrogen and oxygen atoms in total. The van der Waals surface area contributed by atoms with Gasteiger partial charge in [-0.15, -0.1) is 0 Å². The third-order valence-corrected chi connectivity index (χ3v) is 3.25. The van der Waals surface area contributed by atoms with E-state index < -0.39 is 0 Å². The Balaban J connectivity index is 1.98. The first-order valence-corrected chi connectivity index (χ1v) is 5.84. The molecule has 1 aromatic rings. The number of nitrogens with one attached hydrogen (secondary N) is 1. The third kappa shape index (κ3) is 2.01. The summed E-state index contributed by atoms with van der Waals surface area (Å²) in [5.41, 5.74) is 1.16. The maximum absolute atomic E-state index is 4.38. The zero-order chi connectivity index (χ0) is 8.23. The van der Waals surface area contributed by atoms with E-state index >= 15 is 0 Å². The monoisotopic (exact) mass is 198 g/mol. The van der Waals surface area contributed by atoms with Crippen molar-refractivity contribution in [2.24, 2.45) is 4.99 Å². The molecular weight excluding hydrogens is 188 g/mol. The number of hydrogen-bond acceptors (Lipinski definition) is 4. The van der Waals surface area contributed by atoms with Gasteiger partial charge in [-0.3, -0.25) is 4.99 Å². The maximum atomic E-state index is 4.38. The molecule has 1 N–H and O–H groups in total. The molecule has 0 saturated carbocycles. The van der Waals surface area contributed by atoms with Crippen molar-refractivity contribution in [1.82, 2.24) is 0 Å². The van der Waals surface area contributed by atoms with Crippen LogP contribution in [0.3, 0.4) is 0 Å². The number of hydrogen-bond donors (Lipinski definition) is 1. The molecule has 4 heteroatoms. The quantitative estimate of drug-likeness (QED) is 0.750. The Bertz CT molecular complexity index is 267. The highest BCUT2D eigenvalue weighted by atomic mass is 32.2. The SMILES string of the molecule is c1cc(NC2=NCCCS2)cs1. The van der Waals surface area contributed by atoms with E-state index in [2.05, 4.69) is 27.1 Å². The highest BCUT2D eigenvalue weighted by Gasteiger charge is 2.05. The highest BCUT2D eigenvalue weighted by molar-refractivity contribution is 8.14. The molecule has 0 saturated heterocycles. The van der Waals surface area contributed by atoms with Crippen LogP contribution in [0.25, 0.3) is 0 Å². The van der Waals surface area contributed by atoms with Gasteiger partial charge in [-0.05, 0) is 17.9 Å². The molecule has 1 aliphatic rings. The average molecular weight is 198 g/mol. The summed E-state index contributed by atoms with van der Waals surface area (Å²) >= 11 is 3.51. The normalized spacial score (nSPS) is 17.2. The zero-order valence-corrected chi connectivity index (χ0v) is 8.25. The molecule has 0 unspecified atom stereocenters. The Labute approximate surface area is 80.1 Å². The van der Waals surface area contributed by atoms with Crippen LogP contribution in [0.5, 0.6) is 0 Å². The van der Waals surface area contributed by atoms with Crippen molar-refractivity contribution < 1.29 is 0 Å². The number of nitrogens with zero attached hydrogens (tertiary/aromatic N) is 1. The van der Waals surface area contributed by atoms with Crippen LogP contribution >= 0.6 is 23.1 Å². The van der Waals surface area contributed by atoms with E-state index in [1.54, 1.807) is 23.1 Å². The van der Waals surface area contributed by atoms with Crippen LogP contribution in [0.15, 0.2) is 21.8 Å². The average Bonchev–Trinajstić information content (AvgIpc) is 2.59. The van der Waals surface area contributed by atoms with Crippen molar-refractivity contribution in [1.29, 1.82) is 0 Å². The van der Waals surface area contributed by atoms with Crippen LogP contribution < -0.4 is 5.32 Å². The molecule has 12 heavy (non-hydrogen) atoms. The second-order valence-electron chi connectivity index (χ2n) is 2.53. The third-order valence-electron chi connectivity index (χ3n) is 1.57. The largest absolute Gasteiger partial charge is 0.334 e. The van der Waals surface area contributed by atoms with E-state index in [1.165, 1.54) is 12.2 Å². The molecule has 0 aromatic carbocycles. The van der Waals surface area contributed by atoms with E-state index in [0.717, 1.165) is 17.4 Å². The first-order valence-electron chi connectivity index (χ1n) is 3.91. The van der Waals surface area contributed by atoms with Crippen LogP contribution in [-0.4, -0.2) is 17.5 Å². The molecule has 2 heterocycles. The van der Waals surface area contributed by atoms with Crippen molar-refractivity contribution in [3.63, 3.8) is 0 Å². The molecule has 0 bridgehead atoms. The topological polar surface area (TPSA) is 24.4 Å². The molecule has 1 aliphatic heterocycles. The molecule has 0 aliphatic carbocycles. The van der Waals surface area contributed by atoms with E-state index in [0.29, 0.717) is 0 Å². The van der Waals surface area contributed by atoms with E-state index in [1.807, 2.05) is 0 Å². The molecule has 0 spiro atoms. The number of aliphatic imine (C=N–C) groups is 1. The van der Waals surface area contributed by atoms with Crippen LogP contribution in [0.1, 0.15) is 6.42 Å². The molecule has 0 radical (unpaired) electrons. The van der Waals surface area contributed by atoms with Crippen molar-refractivity contribution in [3.05, 3.63) is 16.8 Å². The van der Waals surface area contributed by atoms with Gasteiger partial charge in [0.25, 0.3) is 0 Å². The van der Waals surface area contributed by atoms with Gasteiger partial charge < -0.3 is 5.32 Å². The number of rotatable bonds is 1. The number of amidine groups is 1. The van der Waals surface area contributed by atoms with Crippen molar-refractivity contribution in [2.75, 3.05) is 17.6 Å². The minimum absolute atomic E-state index is 0.972. The molecule has 0 amide bonds. The lowest BCUT2D eigenvalue weighted by atomic mass is 10.5. The van der Waals surface area contributed by atoms with Gasteiger partial charge >= 0.3 is 0 Å². The Kier molecular flexibility index (Phi) is 2.68. The summed E-state index contributed by atoms with van der Waals surface area (Å²) in [7, 11) is 0. The second kappa shape index (κ2) is 3.96.